The van der Waals surface area contributed by atoms with Crippen LogP contribution in [0.1, 0.15) is 19.8 Å². The zero-order chi connectivity index (χ0) is 13.7. The average molecular weight is 362 g/mol. The van der Waals surface area contributed by atoms with Crippen molar-refractivity contribution in [1.82, 2.24) is 0 Å². The van der Waals surface area contributed by atoms with Gasteiger partial charge in [-0.05, 0) is 29.0 Å². The van der Waals surface area contributed by atoms with E-state index in [1.165, 1.54) is 6.07 Å². The molecule has 0 bridgehead atoms. The Morgan fingerprint density at radius 3 is 2.83 bits per heavy atom. The van der Waals surface area contributed by atoms with Crippen molar-refractivity contribution < 1.29 is 9.31 Å². The number of nitrogens with zero attached hydrogens (tertiary/aromatic N) is 1. The molecule has 1 aromatic rings. The molecular weight excluding hydrogens is 350 g/mol. The van der Waals surface area contributed by atoms with E-state index < -0.39 is 10.7 Å². The van der Waals surface area contributed by atoms with Gasteiger partial charge >= 0.3 is 0 Å². The molecule has 0 aromatic heterocycles. The van der Waals surface area contributed by atoms with Crippen molar-refractivity contribution >= 4 is 34.0 Å². The highest BCUT2D eigenvalue weighted by molar-refractivity contribution is 14.1. The molecule has 0 saturated heterocycles. The maximum absolute atomic E-state index is 13.4. The molecule has 1 unspecified atom stereocenters. The molecule has 18 heavy (non-hydrogen) atoms. The van der Waals surface area contributed by atoms with Gasteiger partial charge in [-0.1, -0.05) is 19.3 Å². The van der Waals surface area contributed by atoms with Crippen molar-refractivity contribution in [2.24, 2.45) is 0 Å². The fourth-order valence-corrected chi connectivity index (χ4v) is 1.93. The summed E-state index contributed by atoms with van der Waals surface area (Å²) < 4.78 is 13.6. The molecule has 0 radical (unpaired) electrons. The molecule has 96 valence electrons. The monoisotopic (exact) mass is 362 g/mol. The third-order valence-corrected chi connectivity index (χ3v) is 3.17. The number of halogens is 2. The van der Waals surface area contributed by atoms with E-state index in [-0.39, 0.29) is 21.0 Å². The summed E-state index contributed by atoms with van der Waals surface area (Å²) >= 11 is 1.71. The van der Waals surface area contributed by atoms with Crippen LogP contribution in [0, 0.1) is 31.8 Å². The van der Waals surface area contributed by atoms with E-state index in [0.29, 0.717) is 6.42 Å². The maximum atomic E-state index is 13.4. The van der Waals surface area contributed by atoms with Gasteiger partial charge < -0.3 is 5.32 Å². The fraction of sp³-hybridized carbons (Fsp3) is 0.333. The molecule has 1 aromatic carbocycles. The smallest absolute Gasteiger partial charge is 0.293 e. The number of terminal acetylenes is 1. The Balaban J connectivity index is 3.11. The van der Waals surface area contributed by atoms with Gasteiger partial charge in [0.2, 0.25) is 0 Å². The van der Waals surface area contributed by atoms with Gasteiger partial charge in [-0.2, -0.15) is 0 Å². The molecule has 1 N–H and O–H groups in total. The zero-order valence-corrected chi connectivity index (χ0v) is 11.9. The van der Waals surface area contributed by atoms with Crippen LogP contribution in [0.25, 0.3) is 0 Å². The molecule has 0 fully saturated rings. The Morgan fingerprint density at radius 1 is 1.67 bits per heavy atom. The van der Waals surface area contributed by atoms with Crippen LogP contribution in [0.2, 0.25) is 0 Å². The number of benzene rings is 1. The van der Waals surface area contributed by atoms with E-state index in [0.717, 1.165) is 12.5 Å². The van der Waals surface area contributed by atoms with Crippen LogP contribution in [0.4, 0.5) is 15.8 Å². The molecule has 0 aliphatic rings. The summed E-state index contributed by atoms with van der Waals surface area (Å²) in [6.07, 6.45) is 6.83. The highest BCUT2D eigenvalue weighted by Gasteiger charge is 2.19. The van der Waals surface area contributed by atoms with Gasteiger partial charge in [0.25, 0.3) is 5.69 Å². The number of nitro groups is 1. The number of hydrogen-bond acceptors (Lipinski definition) is 3. The molecule has 0 heterocycles. The van der Waals surface area contributed by atoms with Crippen molar-refractivity contribution in [3.63, 3.8) is 0 Å². The molecule has 1 rings (SSSR count). The second kappa shape index (κ2) is 6.54. The lowest BCUT2D eigenvalue weighted by Crippen LogP contribution is -2.17. The molecular formula is C12H12FIN2O2. The van der Waals surface area contributed by atoms with Crippen LogP contribution < -0.4 is 5.32 Å². The van der Waals surface area contributed by atoms with Crippen LogP contribution >= 0.6 is 22.6 Å². The summed E-state index contributed by atoms with van der Waals surface area (Å²) in [7, 11) is 0. The Morgan fingerprint density at radius 2 is 2.33 bits per heavy atom. The Hall–Kier alpha value is -1.36. The van der Waals surface area contributed by atoms with Crippen molar-refractivity contribution in [3.8, 4) is 12.3 Å². The predicted octanol–water partition coefficient (Wildman–Crippen LogP) is 3.55. The van der Waals surface area contributed by atoms with Gasteiger partial charge in [-0.3, -0.25) is 10.1 Å². The van der Waals surface area contributed by atoms with E-state index in [1.807, 2.05) is 6.92 Å². The van der Waals surface area contributed by atoms with Crippen molar-refractivity contribution in [3.05, 3.63) is 31.6 Å². The second-order valence-electron chi connectivity index (χ2n) is 3.69. The largest absolute Gasteiger partial charge is 0.366 e. The number of anilines is 1. The summed E-state index contributed by atoms with van der Waals surface area (Å²) in [4.78, 5) is 10.3. The van der Waals surface area contributed by atoms with E-state index in [1.54, 1.807) is 22.6 Å². The first-order valence-electron chi connectivity index (χ1n) is 5.35. The molecule has 0 amide bonds. The SMILES string of the molecule is C#CC(CCC)Nc1cc(F)c(I)cc1[N+](=O)[O-]. The standard InChI is InChI=1S/C12H12FIN2O2/c1-3-5-8(4-2)15-11-6-9(13)10(14)7-12(11)16(17)18/h2,6-8,15H,3,5H2,1H3. The molecule has 6 heteroatoms. The van der Waals surface area contributed by atoms with Gasteiger partial charge in [0.1, 0.15) is 11.5 Å². The number of hydrogen-bond donors (Lipinski definition) is 1. The highest BCUT2D eigenvalue weighted by Crippen LogP contribution is 2.29. The lowest BCUT2D eigenvalue weighted by atomic mass is 10.1. The molecule has 4 nitrogen and oxygen atoms in total. The predicted molar refractivity (Wildman–Crippen MR) is 76.9 cm³/mol. The first kappa shape index (κ1) is 14.7. The van der Waals surface area contributed by atoms with Crippen LogP contribution in [-0.2, 0) is 0 Å². The summed E-state index contributed by atoms with van der Waals surface area (Å²) in [6, 6.07) is 1.96. The van der Waals surface area contributed by atoms with Gasteiger partial charge in [0.05, 0.1) is 14.5 Å². The number of nitrogens with one attached hydrogen (secondary N) is 1. The first-order chi connectivity index (χ1) is 8.49. The fourth-order valence-electron chi connectivity index (χ4n) is 1.48. The zero-order valence-electron chi connectivity index (χ0n) is 9.74. The van der Waals surface area contributed by atoms with Crippen LogP contribution in [0.3, 0.4) is 0 Å². The van der Waals surface area contributed by atoms with Gasteiger partial charge in [-0.15, -0.1) is 6.42 Å². The van der Waals surface area contributed by atoms with Crippen LogP contribution in [-0.4, -0.2) is 11.0 Å². The van der Waals surface area contributed by atoms with Crippen molar-refractivity contribution in [2.75, 3.05) is 5.32 Å². The van der Waals surface area contributed by atoms with Crippen LogP contribution in [0.15, 0.2) is 12.1 Å². The lowest BCUT2D eigenvalue weighted by Gasteiger charge is -2.14. The van der Waals surface area contributed by atoms with Gasteiger partial charge in [-0.25, -0.2) is 4.39 Å². The van der Waals surface area contributed by atoms with E-state index in [2.05, 4.69) is 11.2 Å². The molecule has 1 atom stereocenters. The minimum absolute atomic E-state index is 0.120. The third-order valence-electron chi connectivity index (χ3n) is 2.34. The topological polar surface area (TPSA) is 55.2 Å². The molecule has 0 aliphatic carbocycles. The molecule has 0 spiro atoms. The highest BCUT2D eigenvalue weighted by atomic mass is 127. The summed E-state index contributed by atoms with van der Waals surface area (Å²) in [5, 5.41) is 13.7. The average Bonchev–Trinajstić information content (AvgIpc) is 2.32. The Labute approximate surface area is 118 Å². The van der Waals surface area contributed by atoms with Gasteiger partial charge in [0.15, 0.2) is 0 Å². The second-order valence-corrected chi connectivity index (χ2v) is 4.86. The minimum Gasteiger partial charge on any atom is -0.366 e. The van der Waals surface area contributed by atoms with Crippen molar-refractivity contribution in [1.29, 1.82) is 0 Å². The Bertz CT molecular complexity index is 500. The molecule has 0 saturated carbocycles. The quantitative estimate of drug-likeness (QED) is 0.377. The van der Waals surface area contributed by atoms with E-state index >= 15 is 0 Å². The first-order valence-corrected chi connectivity index (χ1v) is 6.43. The summed E-state index contributed by atoms with van der Waals surface area (Å²) in [6.45, 7) is 1.95. The van der Waals surface area contributed by atoms with Crippen LogP contribution in [0.5, 0.6) is 0 Å². The van der Waals surface area contributed by atoms with E-state index in [9.17, 15) is 14.5 Å². The Kier molecular flexibility index (Phi) is 5.34. The number of nitro benzene ring substituents is 1. The summed E-state index contributed by atoms with van der Waals surface area (Å²) in [5.41, 5.74) is -0.0496. The van der Waals surface area contributed by atoms with Gasteiger partial charge in [0, 0.05) is 12.1 Å². The lowest BCUT2D eigenvalue weighted by molar-refractivity contribution is -0.384. The normalized spacial score (nSPS) is 11.7. The van der Waals surface area contributed by atoms with Crippen molar-refractivity contribution in [2.45, 2.75) is 25.8 Å². The number of rotatable bonds is 5. The summed E-state index contributed by atoms with van der Waals surface area (Å²) in [5.74, 6) is 1.99. The van der Waals surface area contributed by atoms with E-state index in [4.69, 9.17) is 6.42 Å². The third kappa shape index (κ3) is 3.57. The molecule has 0 aliphatic heterocycles. The minimum atomic E-state index is -0.552. The maximum Gasteiger partial charge on any atom is 0.293 e.